The summed E-state index contributed by atoms with van der Waals surface area (Å²) < 4.78 is 0.823. The van der Waals surface area contributed by atoms with Gasteiger partial charge in [0.2, 0.25) is 5.91 Å². The minimum Gasteiger partial charge on any atom is -0.478 e. The van der Waals surface area contributed by atoms with E-state index >= 15 is 0 Å². The van der Waals surface area contributed by atoms with Gasteiger partial charge >= 0.3 is 5.97 Å². The molecule has 0 spiro atoms. The third-order valence-electron chi connectivity index (χ3n) is 5.54. The van der Waals surface area contributed by atoms with Gasteiger partial charge in [-0.3, -0.25) is 14.4 Å². The molecule has 0 fully saturated rings. The molecule has 8 nitrogen and oxygen atoms in total. The number of halogens is 1. The minimum absolute atomic E-state index is 0.0537. The summed E-state index contributed by atoms with van der Waals surface area (Å²) in [5.41, 5.74) is 2.11. The van der Waals surface area contributed by atoms with Crippen LogP contribution in [-0.2, 0) is 9.59 Å². The number of hydrogen-bond donors (Lipinski definition) is 4. The number of carboxylic acid groups (broad SMARTS) is 1. The van der Waals surface area contributed by atoms with Crippen LogP contribution in [0.25, 0.3) is 6.08 Å². The van der Waals surface area contributed by atoms with Crippen LogP contribution in [0.15, 0.2) is 118 Å². The van der Waals surface area contributed by atoms with Gasteiger partial charge in [0, 0.05) is 26.3 Å². The zero-order valence-electron chi connectivity index (χ0n) is 21.5. The zero-order valence-corrected chi connectivity index (χ0v) is 23.9. The maximum atomic E-state index is 13.3. The van der Waals surface area contributed by atoms with Crippen LogP contribution < -0.4 is 16.0 Å². The molecule has 0 unspecified atom stereocenters. The molecule has 3 amide bonds. The van der Waals surface area contributed by atoms with Gasteiger partial charge in [0.15, 0.2) is 0 Å². The Bertz CT molecular complexity index is 1630. The van der Waals surface area contributed by atoms with Crippen LogP contribution in [0.5, 0.6) is 0 Å². The average Bonchev–Trinajstić information content (AvgIpc) is 2.96. The van der Waals surface area contributed by atoms with Gasteiger partial charge in [0.25, 0.3) is 11.8 Å². The molecule has 0 aliphatic rings. The fourth-order valence-corrected chi connectivity index (χ4v) is 4.82. The van der Waals surface area contributed by atoms with E-state index in [-0.39, 0.29) is 22.9 Å². The number of benzene rings is 4. The maximum absolute atomic E-state index is 13.3. The summed E-state index contributed by atoms with van der Waals surface area (Å²) in [6.45, 7) is 0. The Labute approximate surface area is 249 Å². The highest BCUT2D eigenvalue weighted by atomic mass is 79.9. The molecule has 206 valence electrons. The SMILES string of the molecule is O=C(CSc1cccc(NC(=O)/C(=C\c2cccc(Br)c2)NC(=O)c2ccccc2)c1)Nc1cccc(C(=O)O)c1. The Balaban J connectivity index is 1.44. The number of carbonyl (C=O) groups excluding carboxylic acids is 3. The molecular weight excluding hydrogens is 606 g/mol. The molecule has 4 aromatic rings. The van der Waals surface area contributed by atoms with Crippen molar-refractivity contribution in [3.8, 4) is 0 Å². The maximum Gasteiger partial charge on any atom is 0.335 e. The third-order valence-corrected chi connectivity index (χ3v) is 7.03. The Kier molecular flexibility index (Phi) is 10.1. The number of carboxylic acids is 1. The molecular formula is C31H24BrN3O5S. The van der Waals surface area contributed by atoms with Gasteiger partial charge in [0.05, 0.1) is 11.3 Å². The topological polar surface area (TPSA) is 125 Å². The quantitative estimate of drug-likeness (QED) is 0.121. The van der Waals surface area contributed by atoms with E-state index in [0.29, 0.717) is 22.5 Å². The number of amides is 3. The highest BCUT2D eigenvalue weighted by Crippen LogP contribution is 2.23. The second kappa shape index (κ2) is 14.1. The van der Waals surface area contributed by atoms with Crippen molar-refractivity contribution in [2.75, 3.05) is 16.4 Å². The summed E-state index contributed by atoms with van der Waals surface area (Å²) in [7, 11) is 0. The Morgan fingerprint density at radius 3 is 2.17 bits per heavy atom. The van der Waals surface area contributed by atoms with Crippen LogP contribution in [0.3, 0.4) is 0 Å². The molecule has 0 saturated carbocycles. The van der Waals surface area contributed by atoms with Crippen molar-refractivity contribution in [3.63, 3.8) is 0 Å². The summed E-state index contributed by atoms with van der Waals surface area (Å²) in [4.78, 5) is 50.5. The summed E-state index contributed by atoms with van der Waals surface area (Å²) in [5, 5.41) is 17.3. The molecule has 0 aliphatic heterocycles. The number of aromatic carboxylic acids is 1. The van der Waals surface area contributed by atoms with Crippen molar-refractivity contribution in [2.24, 2.45) is 0 Å². The lowest BCUT2D eigenvalue weighted by Gasteiger charge is -2.12. The van der Waals surface area contributed by atoms with Gasteiger partial charge in [-0.15, -0.1) is 11.8 Å². The summed E-state index contributed by atoms with van der Waals surface area (Å²) in [5.74, 6) is -2.27. The molecule has 0 saturated heterocycles. The predicted molar refractivity (Wildman–Crippen MR) is 164 cm³/mol. The fourth-order valence-electron chi connectivity index (χ4n) is 3.64. The Hall–Kier alpha value is -4.67. The van der Waals surface area contributed by atoms with E-state index in [1.807, 2.05) is 24.3 Å². The normalized spacial score (nSPS) is 10.9. The third kappa shape index (κ3) is 8.92. The molecule has 0 aliphatic carbocycles. The first kappa shape index (κ1) is 29.3. The van der Waals surface area contributed by atoms with Crippen LogP contribution in [0, 0.1) is 0 Å². The van der Waals surface area contributed by atoms with Gasteiger partial charge in [-0.2, -0.15) is 0 Å². The average molecular weight is 631 g/mol. The molecule has 4 N–H and O–H groups in total. The fraction of sp³-hybridized carbons (Fsp3) is 0.0323. The molecule has 41 heavy (non-hydrogen) atoms. The standard InChI is InChI=1S/C31H24BrN3O5S/c32-23-11-4-7-20(15-23)16-27(35-29(37)21-8-2-1-3-9-21)30(38)34-25-13-6-14-26(18-25)41-19-28(36)33-24-12-5-10-22(17-24)31(39)40/h1-18H,19H2,(H,33,36)(H,34,38)(H,35,37)(H,39,40)/b27-16+. The van der Waals surface area contributed by atoms with E-state index in [0.717, 1.165) is 9.37 Å². The molecule has 0 heterocycles. The lowest BCUT2D eigenvalue weighted by atomic mass is 10.1. The number of rotatable bonds is 10. The monoisotopic (exact) mass is 629 g/mol. The van der Waals surface area contributed by atoms with Gasteiger partial charge in [-0.05, 0) is 72.3 Å². The minimum atomic E-state index is -1.08. The van der Waals surface area contributed by atoms with Crippen molar-refractivity contribution >= 4 is 68.8 Å². The first-order valence-electron chi connectivity index (χ1n) is 12.3. The number of nitrogens with one attached hydrogen (secondary N) is 3. The van der Waals surface area contributed by atoms with Crippen molar-refractivity contribution in [1.82, 2.24) is 5.32 Å². The first-order valence-corrected chi connectivity index (χ1v) is 14.1. The smallest absolute Gasteiger partial charge is 0.335 e. The number of carbonyl (C=O) groups is 4. The van der Waals surface area contributed by atoms with Crippen LogP contribution >= 0.6 is 27.7 Å². The number of thioether (sulfide) groups is 1. The van der Waals surface area contributed by atoms with Crippen molar-refractivity contribution in [2.45, 2.75) is 4.90 Å². The van der Waals surface area contributed by atoms with E-state index in [2.05, 4.69) is 31.9 Å². The highest BCUT2D eigenvalue weighted by Gasteiger charge is 2.16. The zero-order chi connectivity index (χ0) is 29.2. The van der Waals surface area contributed by atoms with Crippen LogP contribution in [0.1, 0.15) is 26.3 Å². The van der Waals surface area contributed by atoms with Gasteiger partial charge in [-0.1, -0.05) is 58.4 Å². The largest absolute Gasteiger partial charge is 0.478 e. The van der Waals surface area contributed by atoms with E-state index in [9.17, 15) is 19.2 Å². The molecule has 4 aromatic carbocycles. The van der Waals surface area contributed by atoms with E-state index in [1.54, 1.807) is 72.8 Å². The molecule has 4 rings (SSSR count). The van der Waals surface area contributed by atoms with Crippen molar-refractivity contribution in [3.05, 3.63) is 130 Å². The second-order valence-electron chi connectivity index (χ2n) is 8.64. The van der Waals surface area contributed by atoms with Gasteiger partial charge < -0.3 is 21.1 Å². The van der Waals surface area contributed by atoms with Crippen molar-refractivity contribution in [1.29, 1.82) is 0 Å². The first-order chi connectivity index (χ1) is 19.8. The molecule has 0 bridgehead atoms. The van der Waals surface area contributed by atoms with E-state index < -0.39 is 17.8 Å². The van der Waals surface area contributed by atoms with Crippen LogP contribution in [0.2, 0.25) is 0 Å². The molecule has 10 heteroatoms. The summed E-state index contributed by atoms with van der Waals surface area (Å²) in [6, 6.07) is 28.9. The van der Waals surface area contributed by atoms with E-state index in [4.69, 9.17) is 5.11 Å². The second-order valence-corrected chi connectivity index (χ2v) is 10.6. The Morgan fingerprint density at radius 1 is 0.756 bits per heavy atom. The van der Waals surface area contributed by atoms with Crippen LogP contribution in [0.4, 0.5) is 11.4 Å². The van der Waals surface area contributed by atoms with E-state index in [1.165, 1.54) is 23.9 Å². The molecule has 0 aromatic heterocycles. The highest BCUT2D eigenvalue weighted by molar-refractivity contribution is 9.10. The lowest BCUT2D eigenvalue weighted by molar-refractivity contribution is -0.114. The molecule has 0 atom stereocenters. The van der Waals surface area contributed by atoms with Gasteiger partial charge in [0.1, 0.15) is 5.70 Å². The molecule has 0 radical (unpaired) electrons. The van der Waals surface area contributed by atoms with Gasteiger partial charge in [-0.25, -0.2) is 4.79 Å². The predicted octanol–water partition coefficient (Wildman–Crippen LogP) is 6.29. The number of anilines is 2. The number of hydrogen-bond acceptors (Lipinski definition) is 5. The summed E-state index contributed by atoms with van der Waals surface area (Å²) >= 11 is 4.67. The Morgan fingerprint density at radius 2 is 1.44 bits per heavy atom. The van der Waals surface area contributed by atoms with Crippen molar-refractivity contribution < 1.29 is 24.3 Å². The van der Waals surface area contributed by atoms with Crippen LogP contribution in [-0.4, -0.2) is 34.6 Å². The lowest BCUT2D eigenvalue weighted by Crippen LogP contribution is -2.30. The summed E-state index contributed by atoms with van der Waals surface area (Å²) in [6.07, 6.45) is 1.59.